The third kappa shape index (κ3) is 3.24. The van der Waals surface area contributed by atoms with Crippen molar-refractivity contribution in [2.45, 2.75) is 11.7 Å². The predicted octanol–water partition coefficient (Wildman–Crippen LogP) is 2.36. The average molecular weight is 363 g/mol. The molecule has 0 bridgehead atoms. The molecule has 0 aliphatic heterocycles. The number of nitrogen functional groups attached to an aromatic ring is 1. The summed E-state index contributed by atoms with van der Waals surface area (Å²) in [4.78, 5) is 12.7. The summed E-state index contributed by atoms with van der Waals surface area (Å²) in [6, 6.07) is 7.88. The molecule has 24 heavy (non-hydrogen) atoms. The van der Waals surface area contributed by atoms with Gasteiger partial charge in [-0.25, -0.2) is 23.9 Å². The minimum absolute atomic E-state index is 0.0622. The molecular weight excluding hydrogens is 346 g/mol. The number of benzene rings is 1. The lowest BCUT2D eigenvalue weighted by atomic mass is 10.3. The van der Waals surface area contributed by atoms with E-state index in [-0.39, 0.29) is 5.16 Å². The lowest BCUT2D eigenvalue weighted by Crippen LogP contribution is -2.13. The van der Waals surface area contributed by atoms with E-state index in [0.29, 0.717) is 23.9 Å². The quantitative estimate of drug-likeness (QED) is 0.512. The monoisotopic (exact) mass is 363 g/mol. The number of rotatable bonds is 5. The number of para-hydroxylation sites is 1. The van der Waals surface area contributed by atoms with Crippen molar-refractivity contribution in [2.24, 2.45) is 0 Å². The Morgan fingerprint density at radius 3 is 2.62 bits per heavy atom. The van der Waals surface area contributed by atoms with Crippen molar-refractivity contribution in [3.05, 3.63) is 29.3 Å². The number of fused-ring (bicyclic) bond motifs is 1. The molecule has 1 aromatic carbocycles. The van der Waals surface area contributed by atoms with Gasteiger partial charge in [0.15, 0.2) is 11.6 Å². The van der Waals surface area contributed by atoms with Crippen LogP contribution in [0.4, 0.5) is 17.3 Å². The van der Waals surface area contributed by atoms with Crippen LogP contribution < -0.4 is 16.4 Å². The van der Waals surface area contributed by atoms with E-state index in [1.807, 2.05) is 24.3 Å². The van der Waals surface area contributed by atoms with E-state index in [0.717, 1.165) is 15.2 Å². The number of nitrogens with one attached hydrogen (secondary N) is 3. The Hall–Kier alpha value is -2.46. The highest BCUT2D eigenvalue weighted by Gasteiger charge is 2.16. The second-order valence-corrected chi connectivity index (χ2v) is 8.31. The molecule has 3 rings (SSSR count). The molecular formula is C14H17N7OS2. The molecule has 0 saturated heterocycles. The van der Waals surface area contributed by atoms with Crippen molar-refractivity contribution in [2.75, 3.05) is 29.7 Å². The summed E-state index contributed by atoms with van der Waals surface area (Å²) in [5.41, 5.74) is 7.27. The third-order valence-corrected chi connectivity index (χ3v) is 5.17. The molecule has 0 radical (unpaired) electrons. The van der Waals surface area contributed by atoms with Crippen LogP contribution in [0, 0.1) is 4.78 Å². The largest absolute Gasteiger partial charge is 0.393 e. The van der Waals surface area contributed by atoms with Crippen LogP contribution in [0.25, 0.3) is 10.2 Å². The Morgan fingerprint density at radius 1 is 1.25 bits per heavy atom. The minimum atomic E-state index is -3.05. The van der Waals surface area contributed by atoms with Gasteiger partial charge in [0.05, 0.1) is 16.8 Å². The maximum absolute atomic E-state index is 11.9. The van der Waals surface area contributed by atoms with Crippen LogP contribution in [0.1, 0.15) is 5.01 Å². The molecule has 1 atom stereocenters. The van der Waals surface area contributed by atoms with Crippen LogP contribution in [0.2, 0.25) is 0 Å². The molecule has 0 aliphatic carbocycles. The SMILES string of the molecule is CNc1nc(S(C)(=N)=O)nc(NCc2nc3ccccc3s2)c1N. The number of nitrogens with zero attached hydrogens (tertiary/aromatic N) is 3. The normalized spacial score (nSPS) is 13.6. The molecule has 10 heteroatoms. The van der Waals surface area contributed by atoms with Crippen molar-refractivity contribution in [1.29, 1.82) is 4.78 Å². The van der Waals surface area contributed by atoms with Gasteiger partial charge in [0.1, 0.15) is 20.4 Å². The van der Waals surface area contributed by atoms with Crippen molar-refractivity contribution in [3.8, 4) is 0 Å². The molecule has 8 nitrogen and oxygen atoms in total. The Bertz CT molecular complexity index is 965. The fourth-order valence-electron chi connectivity index (χ4n) is 2.10. The van der Waals surface area contributed by atoms with Gasteiger partial charge in [-0.05, 0) is 12.1 Å². The van der Waals surface area contributed by atoms with E-state index in [4.69, 9.17) is 10.5 Å². The van der Waals surface area contributed by atoms with E-state index in [1.165, 1.54) is 6.26 Å². The summed E-state index contributed by atoms with van der Waals surface area (Å²) in [7, 11) is -1.39. The molecule has 0 saturated carbocycles. The van der Waals surface area contributed by atoms with Crippen LogP contribution in [0.3, 0.4) is 0 Å². The standard InChI is InChI=1S/C14H17N7OS2/c1-17-12-11(15)13(21-14(20-12)24(2,16)22)18-7-10-19-8-5-3-4-6-9(8)23-10/h3-6,16H,7,15H2,1-2H3,(H2,17,18,20,21). The minimum Gasteiger partial charge on any atom is -0.393 e. The first-order valence-corrected chi connectivity index (χ1v) is 9.84. The second-order valence-electron chi connectivity index (χ2n) is 5.14. The Labute approximate surface area is 143 Å². The lowest BCUT2D eigenvalue weighted by Gasteiger charge is -2.12. The Kier molecular flexibility index (Phi) is 4.24. The summed E-state index contributed by atoms with van der Waals surface area (Å²) < 4.78 is 20.7. The number of hydrogen-bond acceptors (Lipinski definition) is 9. The van der Waals surface area contributed by atoms with Crippen molar-refractivity contribution < 1.29 is 4.21 Å². The summed E-state index contributed by atoms with van der Waals surface area (Å²) in [6.45, 7) is 0.423. The van der Waals surface area contributed by atoms with E-state index in [9.17, 15) is 4.21 Å². The molecule has 0 aliphatic rings. The first-order chi connectivity index (χ1) is 11.4. The smallest absolute Gasteiger partial charge is 0.230 e. The third-order valence-electron chi connectivity index (χ3n) is 3.26. The van der Waals surface area contributed by atoms with Crippen LogP contribution in [0.15, 0.2) is 29.4 Å². The van der Waals surface area contributed by atoms with Crippen LogP contribution in [-0.4, -0.2) is 32.5 Å². The molecule has 126 valence electrons. The van der Waals surface area contributed by atoms with Crippen LogP contribution in [0.5, 0.6) is 0 Å². The number of anilines is 3. The Balaban J connectivity index is 1.91. The van der Waals surface area contributed by atoms with E-state index in [1.54, 1.807) is 18.4 Å². The highest BCUT2D eigenvalue weighted by atomic mass is 32.2. The van der Waals surface area contributed by atoms with Gasteiger partial charge in [-0.15, -0.1) is 11.3 Å². The first-order valence-electron chi connectivity index (χ1n) is 7.06. The highest BCUT2D eigenvalue weighted by Crippen LogP contribution is 2.27. The molecule has 0 fully saturated rings. The fourth-order valence-corrected chi connectivity index (χ4v) is 3.54. The number of hydrogen-bond donors (Lipinski definition) is 4. The first kappa shape index (κ1) is 16.4. The summed E-state index contributed by atoms with van der Waals surface area (Å²) in [6.07, 6.45) is 1.27. The van der Waals surface area contributed by atoms with Crippen molar-refractivity contribution in [1.82, 2.24) is 15.0 Å². The molecule has 1 unspecified atom stereocenters. The predicted molar refractivity (Wildman–Crippen MR) is 98.0 cm³/mol. The van der Waals surface area contributed by atoms with Gasteiger partial charge in [0, 0.05) is 13.3 Å². The molecule has 5 N–H and O–H groups in total. The summed E-state index contributed by atoms with van der Waals surface area (Å²) in [5.74, 6) is 0.680. The van der Waals surface area contributed by atoms with Gasteiger partial charge in [-0.1, -0.05) is 12.1 Å². The Morgan fingerprint density at radius 2 is 1.96 bits per heavy atom. The van der Waals surface area contributed by atoms with Crippen molar-refractivity contribution >= 4 is 48.6 Å². The molecule has 0 spiro atoms. The van der Waals surface area contributed by atoms with E-state index in [2.05, 4.69) is 25.6 Å². The number of aromatic nitrogens is 3. The zero-order valence-corrected chi connectivity index (χ0v) is 14.8. The lowest BCUT2D eigenvalue weighted by molar-refractivity contribution is 0.671. The molecule has 2 heterocycles. The van der Waals surface area contributed by atoms with Gasteiger partial charge in [0.2, 0.25) is 5.16 Å². The zero-order valence-electron chi connectivity index (χ0n) is 13.2. The fraction of sp³-hybridized carbons (Fsp3) is 0.214. The zero-order chi connectivity index (χ0) is 17.3. The van der Waals surface area contributed by atoms with Gasteiger partial charge in [0.25, 0.3) is 0 Å². The van der Waals surface area contributed by atoms with Gasteiger partial charge in [-0.2, -0.15) is 0 Å². The topological polar surface area (TPSA) is 130 Å². The van der Waals surface area contributed by atoms with Gasteiger partial charge < -0.3 is 16.4 Å². The highest BCUT2D eigenvalue weighted by molar-refractivity contribution is 7.91. The number of nitrogens with two attached hydrogens (primary N) is 1. The van der Waals surface area contributed by atoms with Crippen LogP contribution in [-0.2, 0) is 16.3 Å². The number of thiazole rings is 1. The molecule has 3 aromatic rings. The van der Waals surface area contributed by atoms with Crippen molar-refractivity contribution in [3.63, 3.8) is 0 Å². The second kappa shape index (κ2) is 6.21. The van der Waals surface area contributed by atoms with Gasteiger partial charge >= 0.3 is 0 Å². The summed E-state index contributed by atoms with van der Waals surface area (Å²) >= 11 is 1.58. The maximum Gasteiger partial charge on any atom is 0.230 e. The summed E-state index contributed by atoms with van der Waals surface area (Å²) in [5, 5.41) is 6.75. The van der Waals surface area contributed by atoms with Crippen LogP contribution >= 0.6 is 11.3 Å². The molecule has 0 amide bonds. The average Bonchev–Trinajstić information content (AvgIpc) is 2.95. The van der Waals surface area contributed by atoms with Gasteiger partial charge in [-0.3, -0.25) is 0 Å². The maximum atomic E-state index is 11.9. The van der Waals surface area contributed by atoms with E-state index >= 15 is 0 Å². The molecule has 2 aromatic heterocycles. The van der Waals surface area contributed by atoms with E-state index < -0.39 is 9.73 Å².